The SMILES string of the molecule is CN(C)c1nccnc1NCc1ccccc1CN1CCC(O)C1. The molecule has 2 N–H and O–H groups in total. The summed E-state index contributed by atoms with van der Waals surface area (Å²) in [4.78, 5) is 13.0. The van der Waals surface area contributed by atoms with Crippen LogP contribution in [0.2, 0.25) is 0 Å². The summed E-state index contributed by atoms with van der Waals surface area (Å²) in [5.74, 6) is 1.62. The molecule has 2 aromatic rings. The molecule has 0 bridgehead atoms. The maximum Gasteiger partial charge on any atom is 0.171 e. The summed E-state index contributed by atoms with van der Waals surface area (Å²) in [7, 11) is 3.92. The highest BCUT2D eigenvalue weighted by Gasteiger charge is 2.20. The maximum atomic E-state index is 9.71. The molecule has 1 aliphatic rings. The van der Waals surface area contributed by atoms with Crippen molar-refractivity contribution in [1.29, 1.82) is 0 Å². The van der Waals surface area contributed by atoms with Crippen LogP contribution in [0.4, 0.5) is 11.6 Å². The molecule has 1 atom stereocenters. The van der Waals surface area contributed by atoms with Gasteiger partial charge in [0.25, 0.3) is 0 Å². The van der Waals surface area contributed by atoms with E-state index >= 15 is 0 Å². The predicted molar refractivity (Wildman–Crippen MR) is 96.0 cm³/mol. The van der Waals surface area contributed by atoms with Gasteiger partial charge in [-0.1, -0.05) is 24.3 Å². The predicted octanol–water partition coefficient (Wildman–Crippen LogP) is 1.72. The fourth-order valence-electron chi connectivity index (χ4n) is 3.04. The van der Waals surface area contributed by atoms with Crippen LogP contribution in [0, 0.1) is 0 Å². The first-order valence-electron chi connectivity index (χ1n) is 8.33. The number of nitrogens with one attached hydrogen (secondary N) is 1. The molecule has 0 radical (unpaired) electrons. The van der Waals surface area contributed by atoms with Gasteiger partial charge in [0.2, 0.25) is 0 Å². The molecule has 0 spiro atoms. The smallest absolute Gasteiger partial charge is 0.171 e. The third kappa shape index (κ3) is 4.01. The van der Waals surface area contributed by atoms with E-state index < -0.39 is 0 Å². The van der Waals surface area contributed by atoms with E-state index in [-0.39, 0.29) is 6.10 Å². The number of aliphatic hydroxyl groups excluding tert-OH is 1. The van der Waals surface area contributed by atoms with Crippen LogP contribution in [0.1, 0.15) is 17.5 Å². The molecule has 0 saturated carbocycles. The zero-order valence-corrected chi connectivity index (χ0v) is 14.3. The summed E-state index contributed by atoms with van der Waals surface area (Å²) in [6, 6.07) is 8.42. The second-order valence-electron chi connectivity index (χ2n) is 6.42. The van der Waals surface area contributed by atoms with E-state index in [1.807, 2.05) is 19.0 Å². The number of β-amino-alcohol motifs (C(OH)–C–C–N with tert-alkyl or cyclic N) is 1. The Morgan fingerprint density at radius 2 is 1.96 bits per heavy atom. The fraction of sp³-hybridized carbons (Fsp3) is 0.444. The molecule has 2 heterocycles. The third-order valence-electron chi connectivity index (χ3n) is 4.31. The van der Waals surface area contributed by atoms with Crippen LogP contribution in [-0.2, 0) is 13.1 Å². The molecule has 1 aliphatic heterocycles. The summed E-state index contributed by atoms with van der Waals surface area (Å²) in [6.45, 7) is 3.29. The fourth-order valence-corrected chi connectivity index (χ4v) is 3.04. The molecule has 0 aliphatic carbocycles. The van der Waals surface area contributed by atoms with E-state index in [2.05, 4.69) is 44.5 Å². The first-order chi connectivity index (χ1) is 11.6. The highest BCUT2D eigenvalue weighted by Crippen LogP contribution is 2.20. The molecule has 0 amide bonds. The van der Waals surface area contributed by atoms with Crippen LogP contribution in [0.25, 0.3) is 0 Å². The Morgan fingerprint density at radius 1 is 1.21 bits per heavy atom. The van der Waals surface area contributed by atoms with Crippen LogP contribution in [0.3, 0.4) is 0 Å². The van der Waals surface area contributed by atoms with E-state index in [0.717, 1.165) is 37.7 Å². The second-order valence-corrected chi connectivity index (χ2v) is 6.42. The monoisotopic (exact) mass is 327 g/mol. The number of hydrogen-bond donors (Lipinski definition) is 2. The number of aromatic nitrogens is 2. The van der Waals surface area contributed by atoms with Crippen molar-refractivity contribution >= 4 is 11.6 Å². The van der Waals surface area contributed by atoms with E-state index in [9.17, 15) is 5.11 Å². The molecular formula is C18H25N5O. The molecule has 1 aromatic heterocycles. The van der Waals surface area contributed by atoms with Gasteiger partial charge in [-0.05, 0) is 17.5 Å². The summed E-state index contributed by atoms with van der Waals surface area (Å²) < 4.78 is 0. The lowest BCUT2D eigenvalue weighted by Gasteiger charge is -2.19. The molecule has 1 saturated heterocycles. The topological polar surface area (TPSA) is 64.5 Å². The van der Waals surface area contributed by atoms with Crippen LogP contribution < -0.4 is 10.2 Å². The molecular weight excluding hydrogens is 302 g/mol. The Hall–Kier alpha value is -2.18. The van der Waals surface area contributed by atoms with Crippen molar-refractivity contribution in [2.24, 2.45) is 0 Å². The molecule has 128 valence electrons. The molecule has 24 heavy (non-hydrogen) atoms. The Bertz CT molecular complexity index is 676. The summed E-state index contributed by atoms with van der Waals surface area (Å²) in [5.41, 5.74) is 2.53. The van der Waals surface area contributed by atoms with Gasteiger partial charge in [0.1, 0.15) is 0 Å². The number of benzene rings is 1. The lowest BCUT2D eigenvalue weighted by Crippen LogP contribution is -2.22. The molecule has 3 rings (SSSR count). The zero-order valence-electron chi connectivity index (χ0n) is 14.3. The van der Waals surface area contributed by atoms with E-state index in [1.54, 1.807) is 12.4 Å². The number of rotatable bonds is 6. The van der Waals surface area contributed by atoms with Crippen molar-refractivity contribution in [1.82, 2.24) is 14.9 Å². The van der Waals surface area contributed by atoms with E-state index in [1.165, 1.54) is 11.1 Å². The van der Waals surface area contributed by atoms with Crippen LogP contribution in [0.15, 0.2) is 36.7 Å². The number of aliphatic hydroxyl groups is 1. The molecule has 6 heteroatoms. The van der Waals surface area contributed by atoms with Gasteiger partial charge >= 0.3 is 0 Å². The van der Waals surface area contributed by atoms with Gasteiger partial charge < -0.3 is 15.3 Å². The van der Waals surface area contributed by atoms with Crippen molar-refractivity contribution in [3.05, 3.63) is 47.8 Å². The largest absolute Gasteiger partial charge is 0.392 e. The number of anilines is 2. The van der Waals surface area contributed by atoms with Crippen molar-refractivity contribution in [3.8, 4) is 0 Å². The standard InChI is InChI=1S/C18H25N5O/c1-22(2)18-17(19-8-9-20-18)21-11-14-5-3-4-6-15(14)12-23-10-7-16(24)13-23/h3-6,8-9,16,24H,7,10-13H2,1-2H3,(H,19,21). The van der Waals surface area contributed by atoms with Gasteiger partial charge in [0.15, 0.2) is 11.6 Å². The Balaban J connectivity index is 1.70. The minimum absolute atomic E-state index is 0.183. The molecule has 6 nitrogen and oxygen atoms in total. The summed E-state index contributed by atoms with van der Waals surface area (Å²) >= 11 is 0. The van der Waals surface area contributed by atoms with Crippen molar-refractivity contribution in [2.75, 3.05) is 37.4 Å². The van der Waals surface area contributed by atoms with Crippen molar-refractivity contribution < 1.29 is 5.11 Å². The average molecular weight is 327 g/mol. The summed E-state index contributed by atoms with van der Waals surface area (Å²) in [6.07, 6.45) is 4.09. The van der Waals surface area contributed by atoms with E-state index in [0.29, 0.717) is 6.54 Å². The first kappa shape index (κ1) is 16.7. The Kier molecular flexibility index (Phi) is 5.27. The van der Waals surface area contributed by atoms with Crippen molar-refractivity contribution in [3.63, 3.8) is 0 Å². The highest BCUT2D eigenvalue weighted by molar-refractivity contribution is 5.59. The second kappa shape index (κ2) is 7.59. The Morgan fingerprint density at radius 3 is 2.67 bits per heavy atom. The van der Waals surface area contributed by atoms with Gasteiger partial charge in [0, 0.05) is 52.7 Å². The molecule has 1 aromatic carbocycles. The van der Waals surface area contributed by atoms with Crippen molar-refractivity contribution in [2.45, 2.75) is 25.6 Å². The molecule has 1 unspecified atom stereocenters. The van der Waals surface area contributed by atoms with Crippen LogP contribution >= 0.6 is 0 Å². The first-order valence-corrected chi connectivity index (χ1v) is 8.33. The lowest BCUT2D eigenvalue weighted by atomic mass is 10.1. The van der Waals surface area contributed by atoms with Gasteiger partial charge in [0.05, 0.1) is 6.10 Å². The highest BCUT2D eigenvalue weighted by atomic mass is 16.3. The van der Waals surface area contributed by atoms with Gasteiger partial charge in [-0.15, -0.1) is 0 Å². The van der Waals surface area contributed by atoms with E-state index in [4.69, 9.17) is 0 Å². The summed E-state index contributed by atoms with van der Waals surface area (Å²) in [5, 5.41) is 13.1. The minimum Gasteiger partial charge on any atom is -0.392 e. The quantitative estimate of drug-likeness (QED) is 0.842. The van der Waals surface area contributed by atoms with Crippen LogP contribution in [0.5, 0.6) is 0 Å². The number of nitrogens with zero attached hydrogens (tertiary/aromatic N) is 4. The number of likely N-dealkylation sites (tertiary alicyclic amines) is 1. The zero-order chi connectivity index (χ0) is 16.9. The van der Waals surface area contributed by atoms with Gasteiger partial charge in [-0.25, -0.2) is 9.97 Å². The number of hydrogen-bond acceptors (Lipinski definition) is 6. The average Bonchev–Trinajstić information content (AvgIpc) is 2.99. The molecule has 1 fully saturated rings. The van der Waals surface area contributed by atoms with Gasteiger partial charge in [-0.2, -0.15) is 0 Å². The Labute approximate surface area is 143 Å². The third-order valence-corrected chi connectivity index (χ3v) is 4.31. The lowest BCUT2D eigenvalue weighted by molar-refractivity contribution is 0.174. The van der Waals surface area contributed by atoms with Crippen LogP contribution in [-0.4, -0.2) is 53.3 Å². The minimum atomic E-state index is -0.183. The maximum absolute atomic E-state index is 9.71. The normalized spacial score (nSPS) is 17.9. The van der Waals surface area contributed by atoms with Gasteiger partial charge in [-0.3, -0.25) is 4.90 Å².